The summed E-state index contributed by atoms with van der Waals surface area (Å²) in [5.41, 5.74) is -0.913. The standard InChI is InChI=1S/C20H20ClN3O4S/c1-19(26)14-4-6-20(14)15(19)9-16(20)29(27,28)13-8-11(2-3-12(13)21)18(25)24-17-5-7-22-10-23-17/h2-3,5,7-8,10,14-16,26H,4,6,9H2,1H3,(H,22,23,24,25)/t14?,15?,16?,19-,20?/m0/s1. The van der Waals surface area contributed by atoms with Gasteiger partial charge in [-0.15, -0.1) is 0 Å². The van der Waals surface area contributed by atoms with E-state index >= 15 is 0 Å². The van der Waals surface area contributed by atoms with Crippen molar-refractivity contribution in [3.63, 3.8) is 0 Å². The molecule has 7 nitrogen and oxygen atoms in total. The Bertz CT molecular complexity index is 1110. The van der Waals surface area contributed by atoms with Crippen molar-refractivity contribution in [3.05, 3.63) is 47.4 Å². The molecule has 4 unspecified atom stereocenters. The Morgan fingerprint density at radius 2 is 2.10 bits per heavy atom. The highest BCUT2D eigenvalue weighted by Crippen LogP contribution is 2.80. The summed E-state index contributed by atoms with van der Waals surface area (Å²) in [5.74, 6) is -0.109. The molecule has 0 radical (unpaired) electrons. The van der Waals surface area contributed by atoms with Crippen LogP contribution in [0.1, 0.15) is 36.5 Å². The summed E-state index contributed by atoms with van der Waals surface area (Å²) in [6.45, 7) is 1.81. The number of hydrogen-bond donors (Lipinski definition) is 2. The van der Waals surface area contributed by atoms with Gasteiger partial charge in [-0.25, -0.2) is 18.4 Å². The van der Waals surface area contributed by atoms with E-state index in [9.17, 15) is 18.3 Å². The first kappa shape index (κ1) is 19.0. The number of sulfone groups is 1. The van der Waals surface area contributed by atoms with E-state index in [2.05, 4.69) is 15.3 Å². The zero-order valence-corrected chi connectivity index (χ0v) is 17.2. The Hall–Kier alpha value is -2.03. The smallest absolute Gasteiger partial charge is 0.256 e. The van der Waals surface area contributed by atoms with Gasteiger partial charge >= 0.3 is 0 Å². The summed E-state index contributed by atoms with van der Waals surface area (Å²) in [6.07, 6.45) is 4.90. The van der Waals surface area contributed by atoms with E-state index in [1.54, 1.807) is 6.07 Å². The fraction of sp³-hybridized carbons (Fsp3) is 0.450. The summed E-state index contributed by atoms with van der Waals surface area (Å²) in [7, 11) is -3.73. The molecule has 3 saturated carbocycles. The first-order chi connectivity index (χ1) is 13.7. The van der Waals surface area contributed by atoms with Gasteiger partial charge in [-0.1, -0.05) is 11.6 Å². The molecule has 5 rings (SSSR count). The predicted octanol–water partition coefficient (Wildman–Crippen LogP) is 2.71. The van der Waals surface area contributed by atoms with Crippen molar-refractivity contribution < 1.29 is 18.3 Å². The molecule has 29 heavy (non-hydrogen) atoms. The molecule has 9 heteroatoms. The maximum Gasteiger partial charge on any atom is 0.256 e. The van der Waals surface area contributed by atoms with E-state index in [4.69, 9.17) is 11.6 Å². The number of aliphatic hydroxyl groups is 1. The normalized spacial score (nSPS) is 34.7. The van der Waals surface area contributed by atoms with Gasteiger partial charge in [0.15, 0.2) is 9.84 Å². The number of benzene rings is 1. The Labute approximate surface area is 173 Å². The molecular formula is C20H20ClN3O4S. The molecule has 1 heterocycles. The lowest BCUT2D eigenvalue weighted by molar-refractivity contribution is -0.342. The van der Waals surface area contributed by atoms with Gasteiger partial charge in [-0.2, -0.15) is 0 Å². The molecule has 3 fully saturated rings. The van der Waals surface area contributed by atoms with Crippen molar-refractivity contribution in [2.24, 2.45) is 17.3 Å². The minimum absolute atomic E-state index is 0.0236. The molecule has 0 bridgehead atoms. The van der Waals surface area contributed by atoms with E-state index in [-0.39, 0.29) is 32.7 Å². The Balaban J connectivity index is 1.44. The number of halogens is 1. The maximum absolute atomic E-state index is 13.4. The highest BCUT2D eigenvalue weighted by molar-refractivity contribution is 7.92. The van der Waals surface area contributed by atoms with Gasteiger partial charge in [0.25, 0.3) is 5.91 Å². The second-order valence-corrected chi connectivity index (χ2v) is 11.0. The highest BCUT2D eigenvalue weighted by atomic mass is 35.5. The molecule has 3 aliphatic carbocycles. The second kappa shape index (κ2) is 6.00. The van der Waals surface area contributed by atoms with Crippen LogP contribution in [0.15, 0.2) is 41.7 Å². The van der Waals surface area contributed by atoms with E-state index in [1.807, 2.05) is 6.92 Å². The molecule has 0 aliphatic heterocycles. The number of carbonyl (C=O) groups excluding carboxylic acids is 1. The van der Waals surface area contributed by atoms with Crippen molar-refractivity contribution in [3.8, 4) is 0 Å². The number of rotatable bonds is 4. The van der Waals surface area contributed by atoms with E-state index in [1.165, 1.54) is 30.7 Å². The van der Waals surface area contributed by atoms with Crippen LogP contribution in [0.3, 0.4) is 0 Å². The number of anilines is 1. The largest absolute Gasteiger partial charge is 0.390 e. The minimum Gasteiger partial charge on any atom is -0.390 e. The molecule has 2 aromatic rings. The van der Waals surface area contributed by atoms with Crippen LogP contribution < -0.4 is 5.32 Å². The average molecular weight is 434 g/mol. The molecule has 3 aliphatic rings. The molecule has 5 atom stereocenters. The number of carbonyl (C=O) groups is 1. The van der Waals surface area contributed by atoms with Crippen molar-refractivity contribution in [1.29, 1.82) is 0 Å². The predicted molar refractivity (Wildman–Crippen MR) is 106 cm³/mol. The topological polar surface area (TPSA) is 109 Å². The van der Waals surface area contributed by atoms with Gasteiger partial charge in [-0.3, -0.25) is 4.79 Å². The second-order valence-electron chi connectivity index (χ2n) is 8.45. The lowest BCUT2D eigenvalue weighted by Gasteiger charge is -2.80. The van der Waals surface area contributed by atoms with E-state index in [0.29, 0.717) is 12.2 Å². The average Bonchev–Trinajstić information content (AvgIpc) is 2.59. The maximum atomic E-state index is 13.4. The lowest BCUT2D eigenvalue weighted by Crippen LogP contribution is -2.84. The first-order valence-corrected chi connectivity index (χ1v) is 11.4. The minimum atomic E-state index is -3.73. The summed E-state index contributed by atoms with van der Waals surface area (Å²) in [6, 6.07) is 5.80. The van der Waals surface area contributed by atoms with Crippen LogP contribution in [0, 0.1) is 17.3 Å². The van der Waals surface area contributed by atoms with Crippen molar-refractivity contribution >= 4 is 33.2 Å². The summed E-state index contributed by atoms with van der Waals surface area (Å²) < 4.78 is 26.9. The molecule has 1 aromatic heterocycles. The van der Waals surface area contributed by atoms with Crippen molar-refractivity contribution in [2.45, 2.75) is 41.9 Å². The molecule has 1 spiro atoms. The molecular weight excluding hydrogens is 414 g/mol. The summed E-state index contributed by atoms with van der Waals surface area (Å²) in [4.78, 5) is 20.3. The van der Waals surface area contributed by atoms with Gasteiger partial charge in [0.2, 0.25) is 0 Å². The third kappa shape index (κ3) is 2.39. The SMILES string of the molecule is C[C@]1(O)C2CCC23C1CC3S(=O)(=O)c1cc(C(=O)Nc2ccncn2)ccc1Cl. The van der Waals surface area contributed by atoms with E-state index in [0.717, 1.165) is 12.8 Å². The summed E-state index contributed by atoms with van der Waals surface area (Å²) >= 11 is 6.25. The van der Waals surface area contributed by atoms with Crippen LogP contribution in [0.4, 0.5) is 5.82 Å². The fourth-order valence-corrected chi connectivity index (χ4v) is 8.74. The lowest BCUT2D eigenvalue weighted by atomic mass is 9.28. The first-order valence-electron chi connectivity index (χ1n) is 9.52. The number of nitrogens with one attached hydrogen (secondary N) is 1. The summed E-state index contributed by atoms with van der Waals surface area (Å²) in [5, 5.41) is 12.7. The van der Waals surface area contributed by atoms with Crippen molar-refractivity contribution in [1.82, 2.24) is 9.97 Å². The van der Waals surface area contributed by atoms with Crippen LogP contribution in [-0.4, -0.2) is 40.3 Å². The van der Waals surface area contributed by atoms with Crippen LogP contribution in [0.2, 0.25) is 5.02 Å². The van der Waals surface area contributed by atoms with Gasteiger partial charge in [0, 0.05) is 11.8 Å². The molecule has 1 aromatic carbocycles. The third-order valence-electron chi connectivity index (χ3n) is 7.32. The van der Waals surface area contributed by atoms with Gasteiger partial charge in [0.1, 0.15) is 12.1 Å². The third-order valence-corrected chi connectivity index (χ3v) is 10.1. The van der Waals surface area contributed by atoms with Crippen LogP contribution >= 0.6 is 11.6 Å². The van der Waals surface area contributed by atoms with Gasteiger partial charge in [-0.05, 0) is 67.7 Å². The number of amides is 1. The van der Waals surface area contributed by atoms with Crippen LogP contribution in [0.25, 0.3) is 0 Å². The van der Waals surface area contributed by atoms with E-state index < -0.39 is 26.6 Å². The van der Waals surface area contributed by atoms with Crippen molar-refractivity contribution in [2.75, 3.05) is 5.32 Å². The quantitative estimate of drug-likeness (QED) is 0.767. The van der Waals surface area contributed by atoms with Gasteiger partial charge < -0.3 is 10.4 Å². The zero-order chi connectivity index (χ0) is 20.6. The fourth-order valence-electron chi connectivity index (χ4n) is 5.89. The zero-order valence-electron chi connectivity index (χ0n) is 15.7. The Morgan fingerprint density at radius 3 is 2.72 bits per heavy atom. The molecule has 152 valence electrons. The molecule has 1 amide bonds. The van der Waals surface area contributed by atoms with Gasteiger partial charge in [0.05, 0.1) is 20.8 Å². The molecule has 2 N–H and O–H groups in total. The Morgan fingerprint density at radius 1 is 1.31 bits per heavy atom. The number of hydrogen-bond acceptors (Lipinski definition) is 6. The molecule has 0 saturated heterocycles. The van der Waals surface area contributed by atoms with Crippen LogP contribution in [-0.2, 0) is 9.84 Å². The number of nitrogens with zero attached hydrogens (tertiary/aromatic N) is 2. The monoisotopic (exact) mass is 433 g/mol. The highest BCUT2D eigenvalue weighted by Gasteiger charge is 2.82. The number of aromatic nitrogens is 2. The van der Waals surface area contributed by atoms with Crippen LogP contribution in [0.5, 0.6) is 0 Å². The Kier molecular flexibility index (Phi) is 3.92.